The van der Waals surface area contributed by atoms with Gasteiger partial charge in [-0.15, -0.1) is 0 Å². The molecule has 148 valence electrons. The maximum Gasteiger partial charge on any atom is 0.229 e. The van der Waals surface area contributed by atoms with Gasteiger partial charge in [-0.3, -0.25) is 9.59 Å². The van der Waals surface area contributed by atoms with Crippen LogP contribution in [0.2, 0.25) is 0 Å². The highest BCUT2D eigenvalue weighted by Crippen LogP contribution is 2.30. The van der Waals surface area contributed by atoms with Crippen LogP contribution in [0.3, 0.4) is 0 Å². The number of nitrogens with zero attached hydrogens (tertiary/aromatic N) is 1. The number of benzene rings is 2. The van der Waals surface area contributed by atoms with Crippen LogP contribution in [0.4, 0.5) is 11.4 Å². The molecule has 0 aromatic heterocycles. The molecule has 2 aromatic carbocycles. The lowest BCUT2D eigenvalue weighted by atomic mass is 9.99. The van der Waals surface area contributed by atoms with Crippen LogP contribution < -0.4 is 15.0 Å². The molecule has 0 unspecified atom stereocenters. The van der Waals surface area contributed by atoms with Crippen molar-refractivity contribution >= 4 is 23.2 Å². The van der Waals surface area contributed by atoms with Gasteiger partial charge in [-0.05, 0) is 61.2 Å². The molecule has 0 radical (unpaired) electrons. The highest BCUT2D eigenvalue weighted by Gasteiger charge is 2.24. The number of anilines is 2. The number of nitrogens with one attached hydrogen (secondary N) is 1. The van der Waals surface area contributed by atoms with Gasteiger partial charge in [0.25, 0.3) is 0 Å². The van der Waals surface area contributed by atoms with Crippen LogP contribution in [-0.4, -0.2) is 25.0 Å². The first-order chi connectivity index (χ1) is 13.5. The minimum absolute atomic E-state index is 0.0283. The average molecular weight is 380 g/mol. The van der Waals surface area contributed by atoms with Gasteiger partial charge in [0.05, 0.1) is 13.0 Å². The zero-order valence-electron chi connectivity index (χ0n) is 16.8. The summed E-state index contributed by atoms with van der Waals surface area (Å²) >= 11 is 0. The third-order valence-corrected chi connectivity index (χ3v) is 4.84. The van der Waals surface area contributed by atoms with E-state index in [0.29, 0.717) is 13.0 Å². The lowest BCUT2D eigenvalue weighted by molar-refractivity contribution is -0.121. The Labute approximate surface area is 166 Å². The summed E-state index contributed by atoms with van der Waals surface area (Å²) < 4.78 is 5.43. The fourth-order valence-corrected chi connectivity index (χ4v) is 3.48. The second-order valence-corrected chi connectivity index (χ2v) is 7.39. The lowest BCUT2D eigenvalue weighted by Crippen LogP contribution is -2.38. The molecular formula is C23H28N2O3. The molecule has 3 rings (SSSR count). The topological polar surface area (TPSA) is 58.6 Å². The van der Waals surface area contributed by atoms with E-state index >= 15 is 0 Å². The molecule has 2 aromatic rings. The van der Waals surface area contributed by atoms with Gasteiger partial charge in [-0.2, -0.15) is 0 Å². The standard InChI is InChI=1S/C23H28N2O3/c1-4-28-20-10-7-17(8-11-20)14-22(26)24-19-9-12-21-18(15-19)6-5-13-25(21)23(27)16(2)3/h7-12,15-16H,4-6,13-14H2,1-3H3,(H,24,26). The predicted octanol–water partition coefficient (Wildman–Crippen LogP) is 4.20. The Morgan fingerprint density at radius 3 is 2.57 bits per heavy atom. The maximum atomic E-state index is 12.4. The van der Waals surface area contributed by atoms with Crippen molar-refractivity contribution in [3.63, 3.8) is 0 Å². The molecule has 5 heteroatoms. The molecule has 2 amide bonds. The number of carbonyl (C=O) groups excluding carboxylic acids is 2. The van der Waals surface area contributed by atoms with E-state index < -0.39 is 0 Å². The van der Waals surface area contributed by atoms with Gasteiger partial charge in [0.2, 0.25) is 11.8 Å². The van der Waals surface area contributed by atoms with Gasteiger partial charge < -0.3 is 15.0 Å². The van der Waals surface area contributed by atoms with Gasteiger partial charge in [-0.25, -0.2) is 0 Å². The van der Waals surface area contributed by atoms with E-state index in [1.165, 1.54) is 0 Å². The Kier molecular flexibility index (Phi) is 6.34. The number of hydrogen-bond donors (Lipinski definition) is 1. The van der Waals surface area contributed by atoms with E-state index in [2.05, 4.69) is 5.32 Å². The van der Waals surface area contributed by atoms with Crippen LogP contribution in [0, 0.1) is 5.92 Å². The second kappa shape index (κ2) is 8.91. The lowest BCUT2D eigenvalue weighted by Gasteiger charge is -2.31. The normalized spacial score (nSPS) is 13.2. The Hall–Kier alpha value is -2.82. The van der Waals surface area contributed by atoms with Crippen molar-refractivity contribution in [1.29, 1.82) is 0 Å². The highest BCUT2D eigenvalue weighted by molar-refractivity contribution is 5.97. The Balaban J connectivity index is 1.66. The van der Waals surface area contributed by atoms with E-state index in [1.807, 2.05) is 68.1 Å². The molecule has 0 atom stereocenters. The third kappa shape index (κ3) is 4.71. The molecule has 0 bridgehead atoms. The smallest absolute Gasteiger partial charge is 0.229 e. The number of rotatable bonds is 6. The van der Waals surface area contributed by atoms with E-state index in [0.717, 1.165) is 47.6 Å². The summed E-state index contributed by atoms with van der Waals surface area (Å²) in [6.45, 7) is 7.17. The number of hydrogen-bond acceptors (Lipinski definition) is 3. The molecule has 0 saturated heterocycles. The monoisotopic (exact) mass is 380 g/mol. The second-order valence-electron chi connectivity index (χ2n) is 7.39. The van der Waals surface area contributed by atoms with Crippen molar-refractivity contribution in [1.82, 2.24) is 0 Å². The molecular weight excluding hydrogens is 352 g/mol. The van der Waals surface area contributed by atoms with E-state index in [4.69, 9.17) is 4.74 Å². The first kappa shape index (κ1) is 19.9. The summed E-state index contributed by atoms with van der Waals surface area (Å²) in [4.78, 5) is 26.7. The summed E-state index contributed by atoms with van der Waals surface area (Å²) in [6.07, 6.45) is 2.16. The fraction of sp³-hybridized carbons (Fsp3) is 0.391. The summed E-state index contributed by atoms with van der Waals surface area (Å²) in [5, 5.41) is 2.97. The summed E-state index contributed by atoms with van der Waals surface area (Å²) in [7, 11) is 0. The van der Waals surface area contributed by atoms with Crippen LogP contribution >= 0.6 is 0 Å². The molecule has 5 nitrogen and oxygen atoms in total. The molecule has 0 aliphatic carbocycles. The van der Waals surface area contributed by atoms with Gasteiger partial charge in [0.15, 0.2) is 0 Å². The largest absolute Gasteiger partial charge is 0.494 e. The first-order valence-electron chi connectivity index (χ1n) is 9.94. The molecule has 1 N–H and O–H groups in total. The van der Waals surface area contributed by atoms with Crippen LogP contribution in [0.25, 0.3) is 0 Å². The first-order valence-corrected chi connectivity index (χ1v) is 9.94. The van der Waals surface area contributed by atoms with E-state index in [1.54, 1.807) is 0 Å². The minimum Gasteiger partial charge on any atom is -0.494 e. The maximum absolute atomic E-state index is 12.4. The highest BCUT2D eigenvalue weighted by atomic mass is 16.5. The molecule has 1 heterocycles. The Morgan fingerprint density at radius 1 is 1.14 bits per heavy atom. The fourth-order valence-electron chi connectivity index (χ4n) is 3.48. The molecule has 0 saturated carbocycles. The van der Waals surface area contributed by atoms with Crippen molar-refractivity contribution in [2.75, 3.05) is 23.4 Å². The zero-order valence-corrected chi connectivity index (χ0v) is 16.8. The average Bonchev–Trinajstić information content (AvgIpc) is 2.68. The molecule has 1 aliphatic heterocycles. The number of aryl methyl sites for hydroxylation is 1. The Morgan fingerprint density at radius 2 is 1.89 bits per heavy atom. The van der Waals surface area contributed by atoms with E-state index in [-0.39, 0.29) is 17.7 Å². The van der Waals surface area contributed by atoms with Crippen LogP contribution in [0.1, 0.15) is 38.3 Å². The molecule has 28 heavy (non-hydrogen) atoms. The molecule has 0 spiro atoms. The molecule has 0 fully saturated rings. The van der Waals surface area contributed by atoms with Crippen LogP contribution in [0.5, 0.6) is 5.75 Å². The quantitative estimate of drug-likeness (QED) is 0.817. The zero-order chi connectivity index (χ0) is 20.1. The number of carbonyl (C=O) groups is 2. The van der Waals surface area contributed by atoms with Crippen molar-refractivity contribution < 1.29 is 14.3 Å². The van der Waals surface area contributed by atoms with Crippen molar-refractivity contribution in [2.45, 2.75) is 40.0 Å². The van der Waals surface area contributed by atoms with Crippen LogP contribution in [-0.2, 0) is 22.4 Å². The van der Waals surface area contributed by atoms with Gasteiger partial charge in [0.1, 0.15) is 5.75 Å². The van der Waals surface area contributed by atoms with Crippen molar-refractivity contribution in [3.05, 3.63) is 53.6 Å². The van der Waals surface area contributed by atoms with Gasteiger partial charge >= 0.3 is 0 Å². The predicted molar refractivity (Wildman–Crippen MR) is 112 cm³/mol. The minimum atomic E-state index is -0.0602. The molecule has 1 aliphatic rings. The Bertz CT molecular complexity index is 843. The SMILES string of the molecule is CCOc1ccc(CC(=O)Nc2ccc3c(c2)CCCN3C(=O)C(C)C)cc1. The summed E-state index contributed by atoms with van der Waals surface area (Å²) in [5.41, 5.74) is 3.79. The number of ether oxygens (including phenoxy) is 1. The van der Waals surface area contributed by atoms with Crippen molar-refractivity contribution in [2.24, 2.45) is 5.92 Å². The van der Waals surface area contributed by atoms with Crippen LogP contribution in [0.15, 0.2) is 42.5 Å². The summed E-state index contributed by atoms with van der Waals surface area (Å²) in [6, 6.07) is 13.4. The number of fused-ring (bicyclic) bond motifs is 1. The third-order valence-electron chi connectivity index (χ3n) is 4.84. The van der Waals surface area contributed by atoms with E-state index in [9.17, 15) is 9.59 Å². The van der Waals surface area contributed by atoms with Gasteiger partial charge in [0, 0.05) is 23.8 Å². The summed E-state index contributed by atoms with van der Waals surface area (Å²) in [5.74, 6) is 0.865. The van der Waals surface area contributed by atoms with Crippen molar-refractivity contribution in [3.8, 4) is 5.75 Å². The number of amides is 2. The van der Waals surface area contributed by atoms with Gasteiger partial charge in [-0.1, -0.05) is 26.0 Å².